The molecule has 2 heterocycles. The summed E-state index contributed by atoms with van der Waals surface area (Å²) in [6, 6.07) is 8.66. The fourth-order valence-corrected chi connectivity index (χ4v) is 2.66. The summed E-state index contributed by atoms with van der Waals surface area (Å²) in [5.74, 6) is -0.323. The summed E-state index contributed by atoms with van der Waals surface area (Å²) < 4.78 is 47.1. The van der Waals surface area contributed by atoms with Crippen LogP contribution in [0.5, 0.6) is 11.8 Å². The van der Waals surface area contributed by atoms with Crippen LogP contribution in [0.1, 0.15) is 18.2 Å². The molecular formula is C22H17F3N6O3. The van der Waals surface area contributed by atoms with E-state index in [0.29, 0.717) is 11.1 Å². The highest BCUT2D eigenvalue weighted by Crippen LogP contribution is 2.24. The molecule has 0 aliphatic heterocycles. The lowest BCUT2D eigenvalue weighted by molar-refractivity contribution is -0.274. The molecule has 3 rings (SSSR count). The summed E-state index contributed by atoms with van der Waals surface area (Å²) in [5, 5.41) is 17.0. The number of rotatable bonds is 7. The maximum absolute atomic E-state index is 12.5. The van der Waals surface area contributed by atoms with Gasteiger partial charge in [0.1, 0.15) is 24.1 Å². The first kappa shape index (κ1) is 24.1. The Kier molecular flexibility index (Phi) is 7.37. The number of nitrogens with zero attached hydrogens (tertiary/aromatic N) is 6. The van der Waals surface area contributed by atoms with E-state index in [4.69, 9.17) is 10.00 Å². The monoisotopic (exact) mass is 470 g/mol. The summed E-state index contributed by atoms with van der Waals surface area (Å²) in [6.07, 6.45) is -0.198. The van der Waals surface area contributed by atoms with E-state index < -0.39 is 11.9 Å². The molecule has 1 aromatic carbocycles. The van der Waals surface area contributed by atoms with E-state index >= 15 is 0 Å². The van der Waals surface area contributed by atoms with Gasteiger partial charge in [0.15, 0.2) is 0 Å². The lowest BCUT2D eigenvalue weighted by atomic mass is 10.1. The fourth-order valence-electron chi connectivity index (χ4n) is 2.66. The van der Waals surface area contributed by atoms with E-state index in [1.807, 2.05) is 6.07 Å². The highest BCUT2D eigenvalue weighted by Gasteiger charge is 2.30. The number of hydrogen-bond donors (Lipinski definition) is 0. The van der Waals surface area contributed by atoms with Crippen LogP contribution in [0.4, 0.5) is 13.2 Å². The Morgan fingerprint density at radius 1 is 1.26 bits per heavy atom. The van der Waals surface area contributed by atoms with Gasteiger partial charge in [0.25, 0.3) is 5.56 Å². The zero-order chi connectivity index (χ0) is 24.7. The molecule has 3 aromatic rings. The second-order valence-electron chi connectivity index (χ2n) is 6.75. The highest BCUT2D eigenvalue weighted by molar-refractivity contribution is 5.69. The molecule has 2 aromatic heterocycles. The molecule has 0 aliphatic carbocycles. The third-order valence-corrected chi connectivity index (χ3v) is 4.38. The minimum atomic E-state index is -4.76. The summed E-state index contributed by atoms with van der Waals surface area (Å²) in [6.45, 7) is 5.55. The smallest absolute Gasteiger partial charge is 0.461 e. The van der Waals surface area contributed by atoms with Crippen molar-refractivity contribution in [2.75, 3.05) is 6.61 Å². The van der Waals surface area contributed by atoms with Crippen LogP contribution in [-0.2, 0) is 6.54 Å². The molecule has 0 N–H and O–H groups in total. The van der Waals surface area contributed by atoms with Gasteiger partial charge in [-0.2, -0.15) is 10.2 Å². The number of hydrogen-bond acceptors (Lipinski definition) is 8. The molecule has 0 saturated carbocycles. The Morgan fingerprint density at radius 3 is 2.68 bits per heavy atom. The number of benzene rings is 1. The van der Waals surface area contributed by atoms with Crippen LogP contribution < -0.4 is 25.6 Å². The van der Waals surface area contributed by atoms with Crippen LogP contribution in [0.2, 0.25) is 0 Å². The number of aromatic nitrogens is 5. The Bertz CT molecular complexity index is 1410. The van der Waals surface area contributed by atoms with Crippen LogP contribution in [0, 0.1) is 11.3 Å². The van der Waals surface area contributed by atoms with E-state index in [-0.39, 0.29) is 41.2 Å². The zero-order valence-corrected chi connectivity index (χ0v) is 17.8. The van der Waals surface area contributed by atoms with Crippen LogP contribution >= 0.6 is 0 Å². The largest absolute Gasteiger partial charge is 0.573 e. The van der Waals surface area contributed by atoms with Gasteiger partial charge in [0, 0.05) is 6.20 Å². The van der Waals surface area contributed by atoms with E-state index in [9.17, 15) is 18.0 Å². The highest BCUT2D eigenvalue weighted by atomic mass is 19.4. The molecule has 174 valence electrons. The van der Waals surface area contributed by atoms with Crippen molar-refractivity contribution in [1.29, 1.82) is 5.26 Å². The average Bonchev–Trinajstić information content (AvgIpc) is 2.80. The number of nitriles is 1. The van der Waals surface area contributed by atoms with Crippen molar-refractivity contribution >= 4 is 18.2 Å². The minimum absolute atomic E-state index is 0.00141. The Labute approximate surface area is 190 Å². The van der Waals surface area contributed by atoms with Gasteiger partial charge >= 0.3 is 12.4 Å². The molecule has 0 saturated heterocycles. The molecule has 34 heavy (non-hydrogen) atoms. The third-order valence-electron chi connectivity index (χ3n) is 4.38. The van der Waals surface area contributed by atoms with Gasteiger partial charge in [0.05, 0.1) is 17.1 Å². The van der Waals surface area contributed by atoms with Crippen molar-refractivity contribution < 1.29 is 22.6 Å². The van der Waals surface area contributed by atoms with Crippen molar-refractivity contribution in [3.63, 3.8) is 0 Å². The van der Waals surface area contributed by atoms with E-state index in [1.165, 1.54) is 42.6 Å². The molecule has 0 bridgehead atoms. The van der Waals surface area contributed by atoms with Gasteiger partial charge in [-0.1, -0.05) is 30.0 Å². The first-order valence-corrected chi connectivity index (χ1v) is 9.70. The van der Waals surface area contributed by atoms with Crippen molar-refractivity contribution in [1.82, 2.24) is 25.0 Å². The van der Waals surface area contributed by atoms with Crippen LogP contribution in [-0.4, -0.2) is 37.9 Å². The molecule has 12 heteroatoms. The Morgan fingerprint density at radius 2 is 2.00 bits per heavy atom. The van der Waals surface area contributed by atoms with Gasteiger partial charge in [-0.05, 0) is 42.3 Å². The van der Waals surface area contributed by atoms with E-state index in [0.717, 1.165) is 4.68 Å². The predicted octanol–water partition coefficient (Wildman–Crippen LogP) is 1.57. The summed E-state index contributed by atoms with van der Waals surface area (Å²) in [5.41, 5.74) is 1.03. The Balaban J connectivity index is 1.70. The van der Waals surface area contributed by atoms with Crippen molar-refractivity contribution in [3.8, 4) is 17.8 Å². The second kappa shape index (κ2) is 10.4. The number of alkyl halides is 3. The van der Waals surface area contributed by atoms with Crippen molar-refractivity contribution in [3.05, 3.63) is 74.8 Å². The number of halogens is 3. The quantitative estimate of drug-likeness (QED) is 0.511. The second-order valence-corrected chi connectivity index (χ2v) is 6.75. The Hall–Kier alpha value is -4.53. The maximum atomic E-state index is 12.5. The molecule has 0 spiro atoms. The number of ether oxygens (including phenoxy) is 2. The zero-order valence-electron chi connectivity index (χ0n) is 17.8. The minimum Gasteiger partial charge on any atom is -0.461 e. The lowest BCUT2D eigenvalue weighted by Crippen LogP contribution is -2.47. The summed E-state index contributed by atoms with van der Waals surface area (Å²) >= 11 is 0. The standard InChI is InChI=1S/C22H17F3N6O3/c1-14(16-4-6-18(7-5-16)34-22(23,24)25)3-8-19-15(2)20(32)31(30-29-19)11-12-33-21-27-10-9-17(13-26)28-21/h3-10H,2,11-12H2,1H3/b14-3+,19-8+. The first-order valence-electron chi connectivity index (χ1n) is 9.70. The first-order chi connectivity index (χ1) is 16.2. The maximum Gasteiger partial charge on any atom is 0.573 e. The van der Waals surface area contributed by atoms with Crippen molar-refractivity contribution in [2.45, 2.75) is 19.8 Å². The average molecular weight is 470 g/mol. The fraction of sp³-hybridized carbons (Fsp3) is 0.182. The summed E-state index contributed by atoms with van der Waals surface area (Å²) in [4.78, 5) is 20.3. The van der Waals surface area contributed by atoms with Gasteiger partial charge < -0.3 is 9.47 Å². The molecule has 0 unspecified atom stereocenters. The van der Waals surface area contributed by atoms with Gasteiger partial charge in [-0.3, -0.25) is 4.79 Å². The van der Waals surface area contributed by atoms with Gasteiger partial charge in [0.2, 0.25) is 0 Å². The molecular weight excluding hydrogens is 453 g/mol. The van der Waals surface area contributed by atoms with Crippen molar-refractivity contribution in [2.24, 2.45) is 0 Å². The normalized spacial score (nSPS) is 12.3. The number of allylic oxidation sites excluding steroid dienone is 2. The molecule has 0 amide bonds. The van der Waals surface area contributed by atoms with E-state index in [2.05, 4.69) is 31.6 Å². The van der Waals surface area contributed by atoms with Crippen LogP contribution in [0.3, 0.4) is 0 Å². The summed E-state index contributed by atoms with van der Waals surface area (Å²) in [7, 11) is 0. The predicted molar refractivity (Wildman–Crippen MR) is 115 cm³/mol. The van der Waals surface area contributed by atoms with Gasteiger partial charge in [-0.15, -0.1) is 18.3 Å². The molecule has 0 radical (unpaired) electrons. The molecule has 0 fully saturated rings. The van der Waals surface area contributed by atoms with Crippen LogP contribution in [0.15, 0.2) is 47.4 Å². The van der Waals surface area contributed by atoms with E-state index in [1.54, 1.807) is 13.0 Å². The molecule has 0 aliphatic rings. The van der Waals surface area contributed by atoms with Gasteiger partial charge in [-0.25, -0.2) is 9.67 Å². The molecule has 9 nitrogen and oxygen atoms in total. The SMILES string of the molecule is C=c1c(=O)n(CCOc2nccc(C#N)n2)nn/c1=C/C=C(\C)c1ccc(OC(F)(F)F)cc1. The lowest BCUT2D eigenvalue weighted by Gasteiger charge is -2.09. The van der Waals surface area contributed by atoms with Crippen LogP contribution in [0.25, 0.3) is 18.2 Å². The third kappa shape index (κ3) is 6.49. The topological polar surface area (TPSA) is 116 Å². The molecule has 0 atom stereocenters.